The molecule has 1 aromatic carbocycles. The lowest BCUT2D eigenvalue weighted by atomic mass is 10.1. The van der Waals surface area contributed by atoms with E-state index >= 15 is 0 Å². The molecular formula is C16H20BrNOS. The number of halogens is 1. The van der Waals surface area contributed by atoms with Gasteiger partial charge in [-0.2, -0.15) is 0 Å². The van der Waals surface area contributed by atoms with Crippen molar-refractivity contribution in [3.63, 3.8) is 0 Å². The Kier molecular flexibility index (Phi) is 6.57. The molecule has 2 aromatic rings. The van der Waals surface area contributed by atoms with Gasteiger partial charge < -0.3 is 10.1 Å². The molecule has 0 aliphatic carbocycles. The van der Waals surface area contributed by atoms with Crippen molar-refractivity contribution < 1.29 is 4.74 Å². The van der Waals surface area contributed by atoms with Gasteiger partial charge in [-0.25, -0.2) is 0 Å². The summed E-state index contributed by atoms with van der Waals surface area (Å²) in [5.74, 6) is 0.907. The zero-order chi connectivity index (χ0) is 14.2. The predicted molar refractivity (Wildman–Crippen MR) is 89.6 cm³/mol. The average molecular weight is 354 g/mol. The molecular weight excluding hydrogens is 334 g/mol. The van der Waals surface area contributed by atoms with E-state index in [1.807, 2.05) is 35.6 Å². The molecule has 0 aliphatic rings. The molecule has 1 atom stereocenters. The van der Waals surface area contributed by atoms with E-state index in [-0.39, 0.29) is 0 Å². The van der Waals surface area contributed by atoms with E-state index in [0.29, 0.717) is 12.6 Å². The van der Waals surface area contributed by atoms with Gasteiger partial charge in [0.1, 0.15) is 12.4 Å². The van der Waals surface area contributed by atoms with Crippen LogP contribution in [0.4, 0.5) is 0 Å². The van der Waals surface area contributed by atoms with Crippen molar-refractivity contribution in [2.75, 3.05) is 13.2 Å². The molecule has 0 radical (unpaired) electrons. The van der Waals surface area contributed by atoms with Gasteiger partial charge in [0.05, 0.1) is 0 Å². The second-order valence-corrected chi connectivity index (χ2v) is 6.51. The first-order valence-corrected chi connectivity index (χ1v) is 8.62. The van der Waals surface area contributed by atoms with Crippen LogP contribution in [0.15, 0.2) is 46.3 Å². The van der Waals surface area contributed by atoms with Crippen molar-refractivity contribution in [3.05, 3.63) is 51.1 Å². The number of thiophene rings is 1. The van der Waals surface area contributed by atoms with E-state index in [1.54, 1.807) is 0 Å². The smallest absolute Gasteiger partial charge is 0.120 e. The molecule has 2 nitrogen and oxygen atoms in total. The molecule has 0 amide bonds. The Bertz CT molecular complexity index is 501. The van der Waals surface area contributed by atoms with Crippen LogP contribution in [0, 0.1) is 0 Å². The molecule has 108 valence electrons. The first-order chi connectivity index (χ1) is 9.79. The number of ether oxygens (including phenoxy) is 1. The lowest BCUT2D eigenvalue weighted by molar-refractivity contribution is 0.303. The minimum Gasteiger partial charge on any atom is -0.492 e. The van der Waals surface area contributed by atoms with E-state index in [1.165, 1.54) is 11.3 Å². The Labute approximate surface area is 133 Å². The SMILES string of the molecule is CCCC(NCCOc1cccc(Br)c1)c1cccs1. The highest BCUT2D eigenvalue weighted by molar-refractivity contribution is 9.10. The molecule has 1 aromatic heterocycles. The van der Waals surface area contributed by atoms with Crippen LogP contribution < -0.4 is 10.1 Å². The number of hydrogen-bond acceptors (Lipinski definition) is 3. The van der Waals surface area contributed by atoms with Crippen LogP contribution in [-0.2, 0) is 0 Å². The van der Waals surface area contributed by atoms with Crippen LogP contribution in [0.25, 0.3) is 0 Å². The Morgan fingerprint density at radius 3 is 2.90 bits per heavy atom. The molecule has 4 heteroatoms. The second-order valence-electron chi connectivity index (χ2n) is 4.62. The fraction of sp³-hybridized carbons (Fsp3) is 0.375. The van der Waals surface area contributed by atoms with Gasteiger partial charge in [-0.05, 0) is 36.1 Å². The van der Waals surface area contributed by atoms with Gasteiger partial charge in [0.25, 0.3) is 0 Å². The highest BCUT2D eigenvalue weighted by atomic mass is 79.9. The van der Waals surface area contributed by atoms with Gasteiger partial charge in [-0.3, -0.25) is 0 Å². The Hall–Kier alpha value is -0.840. The van der Waals surface area contributed by atoms with E-state index in [2.05, 4.69) is 45.7 Å². The third kappa shape index (κ3) is 4.93. The molecule has 0 saturated carbocycles. The monoisotopic (exact) mass is 353 g/mol. The fourth-order valence-electron chi connectivity index (χ4n) is 2.08. The van der Waals surface area contributed by atoms with Gasteiger partial charge in [0, 0.05) is 21.9 Å². The number of nitrogens with one attached hydrogen (secondary N) is 1. The molecule has 1 N–H and O–H groups in total. The normalized spacial score (nSPS) is 12.3. The molecule has 0 fully saturated rings. The zero-order valence-electron chi connectivity index (χ0n) is 11.6. The molecule has 0 aliphatic heterocycles. The molecule has 2 rings (SSSR count). The first-order valence-electron chi connectivity index (χ1n) is 6.94. The standard InChI is InChI=1S/C16H20BrNOS/c1-2-5-15(16-8-4-11-20-16)18-9-10-19-14-7-3-6-13(17)12-14/h3-4,6-8,11-12,15,18H,2,5,9-10H2,1H3. The van der Waals surface area contributed by atoms with Crippen molar-refractivity contribution in [2.45, 2.75) is 25.8 Å². The van der Waals surface area contributed by atoms with Crippen molar-refractivity contribution >= 4 is 27.3 Å². The van der Waals surface area contributed by atoms with Crippen LogP contribution >= 0.6 is 27.3 Å². The van der Waals surface area contributed by atoms with Crippen molar-refractivity contribution in [1.29, 1.82) is 0 Å². The minimum absolute atomic E-state index is 0.450. The Morgan fingerprint density at radius 1 is 1.30 bits per heavy atom. The zero-order valence-corrected chi connectivity index (χ0v) is 14.0. The van der Waals surface area contributed by atoms with Crippen LogP contribution in [0.2, 0.25) is 0 Å². The summed E-state index contributed by atoms with van der Waals surface area (Å²) in [6.07, 6.45) is 2.35. The summed E-state index contributed by atoms with van der Waals surface area (Å²) in [5, 5.41) is 5.72. The molecule has 0 bridgehead atoms. The average Bonchev–Trinajstić information content (AvgIpc) is 2.96. The van der Waals surface area contributed by atoms with E-state index in [4.69, 9.17) is 4.74 Å². The predicted octanol–water partition coefficient (Wildman–Crippen LogP) is 5.02. The maximum atomic E-state index is 5.74. The van der Waals surface area contributed by atoms with E-state index in [9.17, 15) is 0 Å². The van der Waals surface area contributed by atoms with Gasteiger partial charge in [-0.1, -0.05) is 41.4 Å². The number of benzene rings is 1. The van der Waals surface area contributed by atoms with Gasteiger partial charge in [-0.15, -0.1) is 11.3 Å². The number of rotatable bonds is 8. The molecule has 20 heavy (non-hydrogen) atoms. The molecule has 0 spiro atoms. The van der Waals surface area contributed by atoms with Crippen LogP contribution in [-0.4, -0.2) is 13.2 Å². The van der Waals surface area contributed by atoms with Gasteiger partial charge >= 0.3 is 0 Å². The summed E-state index contributed by atoms with van der Waals surface area (Å²) < 4.78 is 6.79. The molecule has 0 saturated heterocycles. The first kappa shape index (κ1) is 15.5. The Balaban J connectivity index is 1.76. The van der Waals surface area contributed by atoms with Crippen molar-refractivity contribution in [1.82, 2.24) is 5.32 Å². The summed E-state index contributed by atoms with van der Waals surface area (Å²) in [6, 6.07) is 12.7. The highest BCUT2D eigenvalue weighted by Gasteiger charge is 2.10. The second kappa shape index (κ2) is 8.45. The lowest BCUT2D eigenvalue weighted by Gasteiger charge is -2.17. The minimum atomic E-state index is 0.450. The maximum absolute atomic E-state index is 5.74. The molecule has 1 heterocycles. The Morgan fingerprint density at radius 2 is 2.20 bits per heavy atom. The third-order valence-electron chi connectivity index (χ3n) is 3.02. The summed E-state index contributed by atoms with van der Waals surface area (Å²) in [5.41, 5.74) is 0. The maximum Gasteiger partial charge on any atom is 0.120 e. The van der Waals surface area contributed by atoms with Gasteiger partial charge in [0.2, 0.25) is 0 Å². The van der Waals surface area contributed by atoms with E-state index in [0.717, 1.165) is 23.2 Å². The largest absolute Gasteiger partial charge is 0.492 e. The van der Waals surface area contributed by atoms with E-state index < -0.39 is 0 Å². The summed E-state index contributed by atoms with van der Waals surface area (Å²) in [6.45, 7) is 3.76. The van der Waals surface area contributed by atoms with Crippen LogP contribution in [0.5, 0.6) is 5.75 Å². The van der Waals surface area contributed by atoms with Crippen molar-refractivity contribution in [2.24, 2.45) is 0 Å². The third-order valence-corrected chi connectivity index (χ3v) is 4.50. The topological polar surface area (TPSA) is 21.3 Å². The molecule has 1 unspecified atom stereocenters. The van der Waals surface area contributed by atoms with Crippen LogP contribution in [0.1, 0.15) is 30.7 Å². The van der Waals surface area contributed by atoms with Crippen LogP contribution in [0.3, 0.4) is 0 Å². The quantitative estimate of drug-likeness (QED) is 0.672. The summed E-state index contributed by atoms with van der Waals surface area (Å²) in [7, 11) is 0. The van der Waals surface area contributed by atoms with Crippen molar-refractivity contribution in [3.8, 4) is 5.75 Å². The lowest BCUT2D eigenvalue weighted by Crippen LogP contribution is -2.25. The van der Waals surface area contributed by atoms with Gasteiger partial charge in [0.15, 0.2) is 0 Å². The number of hydrogen-bond donors (Lipinski definition) is 1. The highest BCUT2D eigenvalue weighted by Crippen LogP contribution is 2.23. The summed E-state index contributed by atoms with van der Waals surface area (Å²) in [4.78, 5) is 1.41. The fourth-order valence-corrected chi connectivity index (χ4v) is 3.30. The summed E-state index contributed by atoms with van der Waals surface area (Å²) >= 11 is 5.26.